The average molecular weight is 394 g/mol. The summed E-state index contributed by atoms with van der Waals surface area (Å²) in [6, 6.07) is 14.2. The first-order valence-corrected chi connectivity index (χ1v) is 9.56. The summed E-state index contributed by atoms with van der Waals surface area (Å²) >= 11 is 0. The molecule has 1 aliphatic rings. The number of nitrogens with one attached hydrogen (secondary N) is 2. The van der Waals surface area contributed by atoms with Crippen LogP contribution in [0.2, 0.25) is 0 Å². The van der Waals surface area contributed by atoms with Crippen molar-refractivity contribution in [2.45, 2.75) is 25.8 Å². The SMILES string of the molecule is CC[C@]1(c2ccccc2)NC(=O)N(CC(=O)Nc2ccc(N(C)C)cc2C)C1=O. The summed E-state index contributed by atoms with van der Waals surface area (Å²) in [5.41, 5.74) is 2.14. The van der Waals surface area contributed by atoms with Gasteiger partial charge in [0.1, 0.15) is 12.1 Å². The molecule has 1 heterocycles. The fraction of sp³-hybridized carbons (Fsp3) is 0.318. The molecular formula is C22H26N4O3. The minimum absolute atomic E-state index is 0.339. The number of hydrogen-bond acceptors (Lipinski definition) is 4. The zero-order valence-corrected chi connectivity index (χ0v) is 17.2. The zero-order valence-electron chi connectivity index (χ0n) is 17.2. The molecule has 1 atom stereocenters. The Kier molecular flexibility index (Phi) is 5.59. The van der Waals surface area contributed by atoms with Crippen LogP contribution < -0.4 is 15.5 Å². The van der Waals surface area contributed by atoms with Gasteiger partial charge in [-0.25, -0.2) is 4.79 Å². The molecule has 7 nitrogen and oxygen atoms in total. The molecule has 2 N–H and O–H groups in total. The molecule has 1 saturated heterocycles. The molecule has 0 spiro atoms. The van der Waals surface area contributed by atoms with E-state index in [1.165, 1.54) is 0 Å². The molecule has 0 saturated carbocycles. The number of carbonyl (C=O) groups is 3. The van der Waals surface area contributed by atoms with E-state index in [-0.39, 0.29) is 6.54 Å². The summed E-state index contributed by atoms with van der Waals surface area (Å²) in [4.78, 5) is 41.1. The van der Waals surface area contributed by atoms with Crippen LogP contribution in [0.4, 0.5) is 16.2 Å². The van der Waals surface area contributed by atoms with Crippen molar-refractivity contribution < 1.29 is 14.4 Å². The number of hydrogen-bond donors (Lipinski definition) is 2. The number of amides is 4. The van der Waals surface area contributed by atoms with E-state index in [2.05, 4.69) is 10.6 Å². The molecule has 1 aliphatic heterocycles. The fourth-order valence-corrected chi connectivity index (χ4v) is 3.53. The number of imide groups is 1. The predicted molar refractivity (Wildman–Crippen MR) is 113 cm³/mol. The number of nitrogens with zero attached hydrogens (tertiary/aromatic N) is 2. The van der Waals surface area contributed by atoms with Gasteiger partial charge in [-0.15, -0.1) is 0 Å². The highest BCUT2D eigenvalue weighted by Gasteiger charge is 2.51. The number of rotatable bonds is 6. The maximum atomic E-state index is 13.1. The second-order valence-electron chi connectivity index (χ2n) is 7.39. The Morgan fingerprint density at radius 3 is 2.41 bits per heavy atom. The van der Waals surface area contributed by atoms with Crippen molar-refractivity contribution in [1.82, 2.24) is 10.2 Å². The number of carbonyl (C=O) groups excluding carboxylic acids is 3. The van der Waals surface area contributed by atoms with E-state index in [0.29, 0.717) is 17.7 Å². The number of aryl methyl sites for hydroxylation is 1. The Balaban J connectivity index is 1.76. The number of benzene rings is 2. The van der Waals surface area contributed by atoms with Gasteiger partial charge in [0.15, 0.2) is 0 Å². The van der Waals surface area contributed by atoms with E-state index >= 15 is 0 Å². The lowest BCUT2D eigenvalue weighted by Gasteiger charge is -2.25. The molecule has 0 aliphatic carbocycles. The molecule has 0 bridgehead atoms. The predicted octanol–water partition coefficient (Wildman–Crippen LogP) is 2.86. The molecule has 4 amide bonds. The molecule has 29 heavy (non-hydrogen) atoms. The van der Waals surface area contributed by atoms with Crippen LogP contribution in [0.3, 0.4) is 0 Å². The summed E-state index contributed by atoms with van der Waals surface area (Å²) in [6.45, 7) is 3.40. The summed E-state index contributed by atoms with van der Waals surface area (Å²) < 4.78 is 0. The van der Waals surface area contributed by atoms with Gasteiger partial charge in [-0.1, -0.05) is 37.3 Å². The lowest BCUT2D eigenvalue weighted by molar-refractivity contribution is -0.134. The minimum atomic E-state index is -1.14. The Labute approximate surface area is 170 Å². The monoisotopic (exact) mass is 394 g/mol. The quantitative estimate of drug-likeness (QED) is 0.738. The van der Waals surface area contributed by atoms with Crippen molar-refractivity contribution in [3.05, 3.63) is 59.7 Å². The van der Waals surface area contributed by atoms with Crippen LogP contribution in [0.25, 0.3) is 0 Å². The fourth-order valence-electron chi connectivity index (χ4n) is 3.53. The van der Waals surface area contributed by atoms with E-state index in [1.54, 1.807) is 12.1 Å². The first kappa shape index (κ1) is 20.4. The number of urea groups is 1. The van der Waals surface area contributed by atoms with Gasteiger partial charge < -0.3 is 15.5 Å². The molecule has 0 radical (unpaired) electrons. The third-order valence-corrected chi connectivity index (χ3v) is 5.27. The first-order valence-electron chi connectivity index (χ1n) is 9.56. The summed E-state index contributed by atoms with van der Waals surface area (Å²) in [7, 11) is 3.88. The van der Waals surface area contributed by atoms with Gasteiger partial charge in [0.25, 0.3) is 5.91 Å². The normalized spacial score (nSPS) is 18.6. The van der Waals surface area contributed by atoms with Gasteiger partial charge in [0, 0.05) is 25.5 Å². The van der Waals surface area contributed by atoms with E-state index in [1.807, 2.05) is 69.2 Å². The van der Waals surface area contributed by atoms with Crippen molar-refractivity contribution in [3.63, 3.8) is 0 Å². The Morgan fingerprint density at radius 1 is 1.14 bits per heavy atom. The Hall–Kier alpha value is -3.35. The Morgan fingerprint density at radius 2 is 1.83 bits per heavy atom. The van der Waals surface area contributed by atoms with Crippen LogP contribution >= 0.6 is 0 Å². The topological polar surface area (TPSA) is 81.8 Å². The third-order valence-electron chi connectivity index (χ3n) is 5.27. The lowest BCUT2D eigenvalue weighted by atomic mass is 9.87. The van der Waals surface area contributed by atoms with E-state index in [9.17, 15) is 14.4 Å². The van der Waals surface area contributed by atoms with Crippen molar-refractivity contribution in [2.24, 2.45) is 0 Å². The second kappa shape index (κ2) is 7.95. The highest BCUT2D eigenvalue weighted by Crippen LogP contribution is 2.32. The lowest BCUT2D eigenvalue weighted by Crippen LogP contribution is -2.44. The van der Waals surface area contributed by atoms with Gasteiger partial charge in [-0.2, -0.15) is 0 Å². The van der Waals surface area contributed by atoms with Crippen molar-refractivity contribution in [1.29, 1.82) is 0 Å². The van der Waals surface area contributed by atoms with Crippen molar-refractivity contribution in [3.8, 4) is 0 Å². The third kappa shape index (κ3) is 3.81. The van der Waals surface area contributed by atoms with E-state index in [0.717, 1.165) is 16.2 Å². The second-order valence-corrected chi connectivity index (χ2v) is 7.39. The Bertz CT molecular complexity index is 942. The van der Waals surface area contributed by atoms with Crippen molar-refractivity contribution in [2.75, 3.05) is 30.9 Å². The minimum Gasteiger partial charge on any atom is -0.378 e. The highest BCUT2D eigenvalue weighted by atomic mass is 16.2. The molecule has 2 aromatic carbocycles. The largest absolute Gasteiger partial charge is 0.378 e. The highest BCUT2D eigenvalue weighted by molar-refractivity contribution is 6.10. The molecule has 7 heteroatoms. The standard InChI is InChI=1S/C22H26N4O3/c1-5-22(16-9-7-6-8-10-16)20(28)26(21(29)24-22)14-19(27)23-18-12-11-17(25(3)4)13-15(18)2/h6-13H,5,14H2,1-4H3,(H,23,27)(H,24,29)/t22-/m1/s1. The van der Waals surface area contributed by atoms with Crippen molar-refractivity contribution >= 4 is 29.2 Å². The van der Waals surface area contributed by atoms with Gasteiger partial charge >= 0.3 is 6.03 Å². The van der Waals surface area contributed by atoms with E-state index in [4.69, 9.17) is 0 Å². The van der Waals surface area contributed by atoms with Crippen LogP contribution in [0, 0.1) is 6.92 Å². The summed E-state index contributed by atoms with van der Waals surface area (Å²) in [5, 5.41) is 5.58. The van der Waals surface area contributed by atoms with Gasteiger partial charge in [-0.05, 0) is 42.7 Å². The average Bonchev–Trinajstić information content (AvgIpc) is 2.95. The van der Waals surface area contributed by atoms with Crippen LogP contribution in [-0.4, -0.2) is 43.4 Å². The maximum absolute atomic E-state index is 13.1. The zero-order chi connectivity index (χ0) is 21.2. The molecule has 3 rings (SSSR count). The van der Waals surface area contributed by atoms with Crippen LogP contribution in [0.5, 0.6) is 0 Å². The molecule has 2 aromatic rings. The van der Waals surface area contributed by atoms with Crippen LogP contribution in [0.15, 0.2) is 48.5 Å². The summed E-state index contributed by atoms with van der Waals surface area (Å²) in [6.07, 6.45) is 0.394. The molecular weight excluding hydrogens is 368 g/mol. The van der Waals surface area contributed by atoms with Gasteiger partial charge in [0.05, 0.1) is 0 Å². The van der Waals surface area contributed by atoms with E-state index < -0.39 is 23.4 Å². The van der Waals surface area contributed by atoms with Crippen LogP contribution in [0.1, 0.15) is 24.5 Å². The molecule has 152 valence electrons. The number of anilines is 2. The molecule has 1 fully saturated rings. The maximum Gasteiger partial charge on any atom is 0.325 e. The molecule has 0 aromatic heterocycles. The smallest absolute Gasteiger partial charge is 0.325 e. The van der Waals surface area contributed by atoms with Gasteiger partial charge in [0.2, 0.25) is 5.91 Å². The molecule has 0 unspecified atom stereocenters. The first-order chi connectivity index (χ1) is 13.8. The summed E-state index contributed by atoms with van der Waals surface area (Å²) in [5.74, 6) is -0.833. The van der Waals surface area contributed by atoms with Gasteiger partial charge in [-0.3, -0.25) is 14.5 Å². The van der Waals surface area contributed by atoms with Crippen LogP contribution in [-0.2, 0) is 15.1 Å².